The molecule has 1 aliphatic rings. The van der Waals surface area contributed by atoms with Crippen molar-refractivity contribution in [3.63, 3.8) is 0 Å². The maximum Gasteiger partial charge on any atom is 0.243 e. The van der Waals surface area contributed by atoms with Crippen molar-refractivity contribution >= 4 is 27.5 Å². The number of nitrogens with zero attached hydrogens (tertiary/aromatic N) is 1. The van der Waals surface area contributed by atoms with Gasteiger partial charge in [-0.15, -0.1) is 0 Å². The molecule has 1 aromatic rings. The molecule has 1 aliphatic heterocycles. The summed E-state index contributed by atoms with van der Waals surface area (Å²) < 4.78 is 26.3. The van der Waals surface area contributed by atoms with E-state index in [0.29, 0.717) is 18.3 Å². The number of quaternary nitrogens is 1. The van der Waals surface area contributed by atoms with E-state index in [1.807, 2.05) is 0 Å². The highest BCUT2D eigenvalue weighted by Crippen LogP contribution is 2.17. The lowest BCUT2D eigenvalue weighted by Gasteiger charge is -2.21. The maximum absolute atomic E-state index is 12.6. The Morgan fingerprint density at radius 3 is 2.52 bits per heavy atom. The van der Waals surface area contributed by atoms with Crippen molar-refractivity contribution in [2.45, 2.75) is 37.6 Å². The molecule has 2 rings (SSSR count). The molecule has 9 heteroatoms. The Kier molecular flexibility index (Phi) is 7.34. The number of anilines is 1. The number of amides is 2. The van der Waals surface area contributed by atoms with Gasteiger partial charge in [-0.2, -0.15) is 4.31 Å². The van der Waals surface area contributed by atoms with Gasteiger partial charge < -0.3 is 15.5 Å². The lowest BCUT2D eigenvalue weighted by atomic mass is 10.2. The van der Waals surface area contributed by atoms with E-state index in [2.05, 4.69) is 17.6 Å². The number of hydrogen-bond acceptors (Lipinski definition) is 4. The number of likely N-dealkylation sites (N-methyl/N-ethyl adjacent to an activating group) is 2. The second-order valence-corrected chi connectivity index (χ2v) is 8.92. The fraction of sp³-hybridized carbons (Fsp3) is 0.556. The Bertz CT molecular complexity index is 764. The number of rotatable bonds is 8. The molecular weight excluding hydrogens is 368 g/mol. The van der Waals surface area contributed by atoms with Gasteiger partial charge in [0.2, 0.25) is 21.8 Å². The predicted molar refractivity (Wildman–Crippen MR) is 103 cm³/mol. The first-order valence-electron chi connectivity index (χ1n) is 9.19. The number of carbonyl (C=O) groups is 2. The van der Waals surface area contributed by atoms with Gasteiger partial charge in [0, 0.05) is 32.5 Å². The highest BCUT2D eigenvalue weighted by molar-refractivity contribution is 7.89. The summed E-state index contributed by atoms with van der Waals surface area (Å²) in [5.74, 6) is -0.538. The predicted octanol–water partition coefficient (Wildman–Crippen LogP) is -0.551. The van der Waals surface area contributed by atoms with E-state index >= 15 is 0 Å². The van der Waals surface area contributed by atoms with Crippen LogP contribution < -0.4 is 15.5 Å². The fourth-order valence-corrected chi connectivity index (χ4v) is 4.50. The first-order chi connectivity index (χ1) is 12.7. The largest absolute Gasteiger partial charge is 0.349 e. The highest BCUT2D eigenvalue weighted by Gasteiger charge is 2.28. The molecule has 27 heavy (non-hydrogen) atoms. The molecule has 0 aromatic heterocycles. The van der Waals surface area contributed by atoms with E-state index in [1.54, 1.807) is 0 Å². The number of hydrogen-bond donors (Lipinski definition) is 3. The Balaban J connectivity index is 1.92. The number of benzene rings is 1. The summed E-state index contributed by atoms with van der Waals surface area (Å²) in [6, 6.07) is 6.27. The Labute approximate surface area is 161 Å². The van der Waals surface area contributed by atoms with Crippen molar-refractivity contribution in [2.24, 2.45) is 0 Å². The molecule has 0 bridgehead atoms. The van der Waals surface area contributed by atoms with Crippen LogP contribution in [-0.4, -0.2) is 63.8 Å². The van der Waals surface area contributed by atoms with Crippen LogP contribution in [0, 0.1) is 0 Å². The van der Waals surface area contributed by atoms with Crippen LogP contribution in [-0.2, 0) is 19.6 Å². The smallest absolute Gasteiger partial charge is 0.243 e. The molecule has 3 N–H and O–H groups in total. The highest BCUT2D eigenvalue weighted by atomic mass is 32.2. The molecule has 1 heterocycles. The number of carbonyl (C=O) groups excluding carboxylic acids is 2. The van der Waals surface area contributed by atoms with E-state index in [-0.39, 0.29) is 23.3 Å². The van der Waals surface area contributed by atoms with Crippen molar-refractivity contribution in [1.29, 1.82) is 0 Å². The summed E-state index contributed by atoms with van der Waals surface area (Å²) in [5, 5.41) is 5.44. The van der Waals surface area contributed by atoms with Crippen molar-refractivity contribution in [3.05, 3.63) is 24.3 Å². The molecule has 1 fully saturated rings. The molecule has 0 saturated carbocycles. The van der Waals surface area contributed by atoms with E-state index in [4.69, 9.17) is 0 Å². The van der Waals surface area contributed by atoms with Gasteiger partial charge in [0.25, 0.3) is 0 Å². The van der Waals surface area contributed by atoms with Gasteiger partial charge in [-0.05, 0) is 31.2 Å². The van der Waals surface area contributed by atoms with Crippen molar-refractivity contribution in [2.75, 3.05) is 38.5 Å². The molecule has 1 aromatic carbocycles. The third kappa shape index (κ3) is 5.75. The molecule has 150 valence electrons. The zero-order chi connectivity index (χ0) is 20.0. The Morgan fingerprint density at radius 1 is 1.26 bits per heavy atom. The number of sulfonamides is 1. The van der Waals surface area contributed by atoms with Gasteiger partial charge in [0.05, 0.1) is 31.1 Å². The van der Waals surface area contributed by atoms with Crippen LogP contribution in [0.5, 0.6) is 0 Å². The van der Waals surface area contributed by atoms with Crippen molar-refractivity contribution in [1.82, 2.24) is 9.62 Å². The topological polar surface area (TPSA) is 100 Å². The zero-order valence-corrected chi connectivity index (χ0v) is 16.9. The Hall–Kier alpha value is -1.97. The minimum atomic E-state index is -3.78. The van der Waals surface area contributed by atoms with Crippen LogP contribution >= 0.6 is 0 Å². The molecule has 0 spiro atoms. The average Bonchev–Trinajstić information content (AvgIpc) is 3.07. The minimum absolute atomic E-state index is 0.0734. The number of nitrogens with one attached hydrogen (secondary N) is 3. The van der Waals surface area contributed by atoms with Crippen LogP contribution in [0.1, 0.15) is 26.7 Å². The minimum Gasteiger partial charge on any atom is -0.349 e. The summed E-state index contributed by atoms with van der Waals surface area (Å²) in [5.41, 5.74) is 0.515. The standard InChI is InChI=1S/C18H28N4O4S/c1-4-22-11-5-6-16(22)12-19-18(24)13-21(3)27(25,26)17-9-7-15(8-10-17)20-14(2)23/h7-10,16H,4-6,11-13H2,1-3H3,(H,19,24)(H,20,23)/p+1/t16-/m1/s1. The van der Waals surface area contributed by atoms with Crippen LogP contribution in [0.15, 0.2) is 29.2 Å². The van der Waals surface area contributed by atoms with Crippen LogP contribution in [0.2, 0.25) is 0 Å². The Morgan fingerprint density at radius 2 is 1.93 bits per heavy atom. The van der Waals surface area contributed by atoms with Gasteiger partial charge in [0.1, 0.15) is 6.04 Å². The third-order valence-electron chi connectivity index (χ3n) is 4.88. The first-order valence-corrected chi connectivity index (χ1v) is 10.6. The second-order valence-electron chi connectivity index (χ2n) is 6.87. The lowest BCUT2D eigenvalue weighted by molar-refractivity contribution is -0.909. The molecular formula is C18H29N4O4S+. The first kappa shape index (κ1) is 21.3. The molecule has 0 radical (unpaired) electrons. The summed E-state index contributed by atoms with van der Waals surface area (Å²) in [7, 11) is -2.39. The van der Waals surface area contributed by atoms with Crippen molar-refractivity contribution < 1.29 is 22.9 Å². The SMILES string of the molecule is CC[NH+]1CCC[C@@H]1CNC(=O)CN(C)S(=O)(=O)c1ccc(NC(C)=O)cc1. The lowest BCUT2D eigenvalue weighted by Crippen LogP contribution is -3.14. The van der Waals surface area contributed by atoms with Gasteiger partial charge in [-0.1, -0.05) is 0 Å². The van der Waals surface area contributed by atoms with Gasteiger partial charge in [0.15, 0.2) is 0 Å². The van der Waals surface area contributed by atoms with Gasteiger partial charge in [-0.3, -0.25) is 9.59 Å². The second kappa shape index (κ2) is 9.29. The van der Waals surface area contributed by atoms with Crippen LogP contribution in [0.4, 0.5) is 5.69 Å². The third-order valence-corrected chi connectivity index (χ3v) is 6.69. The molecule has 0 aliphatic carbocycles. The van der Waals surface area contributed by atoms with Gasteiger partial charge >= 0.3 is 0 Å². The molecule has 8 nitrogen and oxygen atoms in total. The average molecular weight is 398 g/mol. The summed E-state index contributed by atoms with van der Waals surface area (Å²) >= 11 is 0. The summed E-state index contributed by atoms with van der Waals surface area (Å²) in [6.45, 7) is 6.01. The molecule has 2 amide bonds. The monoisotopic (exact) mass is 397 g/mol. The molecule has 1 saturated heterocycles. The van der Waals surface area contributed by atoms with E-state index in [1.165, 1.54) is 43.1 Å². The van der Waals surface area contributed by atoms with E-state index in [9.17, 15) is 18.0 Å². The maximum atomic E-state index is 12.6. The number of likely N-dealkylation sites (tertiary alicyclic amines) is 1. The fourth-order valence-electron chi connectivity index (χ4n) is 3.37. The summed E-state index contributed by atoms with van der Waals surface area (Å²) in [6.07, 6.45) is 2.24. The quantitative estimate of drug-likeness (QED) is 0.548. The van der Waals surface area contributed by atoms with E-state index < -0.39 is 10.0 Å². The van der Waals surface area contributed by atoms with Crippen molar-refractivity contribution in [3.8, 4) is 0 Å². The van der Waals surface area contributed by atoms with E-state index in [0.717, 1.165) is 30.2 Å². The van der Waals surface area contributed by atoms with Crippen LogP contribution in [0.25, 0.3) is 0 Å². The normalized spacial score (nSPS) is 19.9. The van der Waals surface area contributed by atoms with Gasteiger partial charge in [-0.25, -0.2) is 8.42 Å². The zero-order valence-electron chi connectivity index (χ0n) is 16.1. The summed E-state index contributed by atoms with van der Waals surface area (Å²) in [4.78, 5) is 24.8. The molecule has 1 unspecified atom stereocenters. The van der Waals surface area contributed by atoms with Crippen LogP contribution in [0.3, 0.4) is 0 Å². The molecule has 2 atom stereocenters.